The van der Waals surface area contributed by atoms with Crippen molar-refractivity contribution in [3.05, 3.63) is 35.4 Å². The quantitative estimate of drug-likeness (QED) is 0.880. The van der Waals surface area contributed by atoms with Crippen molar-refractivity contribution in [3.8, 4) is 0 Å². The van der Waals surface area contributed by atoms with E-state index in [1.54, 1.807) is 0 Å². The first-order valence-electron chi connectivity index (χ1n) is 8.54. The lowest BCUT2D eigenvalue weighted by Crippen LogP contribution is -2.46. The Hall–Kier alpha value is -0.810. The van der Waals surface area contributed by atoms with Gasteiger partial charge in [-0.25, -0.2) is 0 Å². The highest BCUT2D eigenvalue weighted by atomic mass is 35.5. The van der Waals surface area contributed by atoms with Crippen LogP contribution in [0.2, 0.25) is 0 Å². The Balaban J connectivity index is 0.00000144. The van der Waals surface area contributed by atoms with E-state index in [0.717, 1.165) is 38.0 Å². The van der Waals surface area contributed by atoms with Gasteiger partial charge in [-0.3, -0.25) is 9.69 Å². The van der Waals surface area contributed by atoms with E-state index in [1.807, 2.05) is 24.1 Å². The van der Waals surface area contributed by atoms with Crippen molar-refractivity contribution in [2.75, 3.05) is 33.2 Å². The maximum atomic E-state index is 12.7. The first-order valence-corrected chi connectivity index (χ1v) is 8.54. The molecule has 1 atom stereocenters. The number of halogens is 2. The van der Waals surface area contributed by atoms with Gasteiger partial charge in [-0.05, 0) is 63.5 Å². The van der Waals surface area contributed by atoms with Gasteiger partial charge < -0.3 is 10.2 Å². The molecule has 1 unspecified atom stereocenters. The molecule has 1 aromatic rings. The number of nitrogens with zero attached hydrogens (tertiary/aromatic N) is 2. The molecular weight excluding hydrogens is 345 g/mol. The predicted molar refractivity (Wildman–Crippen MR) is 103 cm³/mol. The van der Waals surface area contributed by atoms with Crippen LogP contribution in [0.3, 0.4) is 0 Å². The van der Waals surface area contributed by atoms with Crippen molar-refractivity contribution < 1.29 is 4.79 Å². The third kappa shape index (κ3) is 5.35. The lowest BCUT2D eigenvalue weighted by atomic mass is 10.0. The van der Waals surface area contributed by atoms with Gasteiger partial charge in [-0.1, -0.05) is 12.1 Å². The van der Waals surface area contributed by atoms with Crippen LogP contribution in [0.15, 0.2) is 24.3 Å². The Morgan fingerprint density at radius 2 is 1.92 bits per heavy atom. The Morgan fingerprint density at radius 3 is 2.62 bits per heavy atom. The fourth-order valence-electron chi connectivity index (χ4n) is 3.58. The first kappa shape index (κ1) is 21.2. The van der Waals surface area contributed by atoms with Gasteiger partial charge in [0.25, 0.3) is 5.91 Å². The van der Waals surface area contributed by atoms with Crippen LogP contribution in [0.25, 0.3) is 0 Å². The molecule has 24 heavy (non-hydrogen) atoms. The van der Waals surface area contributed by atoms with E-state index in [9.17, 15) is 4.79 Å². The molecule has 136 valence electrons. The van der Waals surface area contributed by atoms with Crippen molar-refractivity contribution >= 4 is 30.7 Å². The van der Waals surface area contributed by atoms with Gasteiger partial charge in [0.1, 0.15) is 0 Å². The van der Waals surface area contributed by atoms with Crippen LogP contribution in [0.5, 0.6) is 0 Å². The molecule has 6 heteroatoms. The predicted octanol–water partition coefficient (Wildman–Crippen LogP) is 2.95. The van der Waals surface area contributed by atoms with Crippen LogP contribution in [0, 0.1) is 0 Å². The zero-order chi connectivity index (χ0) is 15.4. The Kier molecular flexibility index (Phi) is 9.06. The normalized spacial score (nSPS) is 21.0. The van der Waals surface area contributed by atoms with Crippen LogP contribution in [0.1, 0.15) is 41.6 Å². The highest BCUT2D eigenvalue weighted by Crippen LogP contribution is 2.17. The minimum absolute atomic E-state index is 0. The van der Waals surface area contributed by atoms with Crippen LogP contribution < -0.4 is 5.32 Å². The number of amides is 1. The number of hydrogen-bond acceptors (Lipinski definition) is 3. The van der Waals surface area contributed by atoms with Gasteiger partial charge in [-0.15, -0.1) is 24.8 Å². The van der Waals surface area contributed by atoms with E-state index in [-0.39, 0.29) is 30.7 Å². The second kappa shape index (κ2) is 10.2. The number of hydrogen-bond donors (Lipinski definition) is 1. The maximum Gasteiger partial charge on any atom is 0.253 e. The summed E-state index contributed by atoms with van der Waals surface area (Å²) in [5, 5.41) is 3.30. The molecule has 2 saturated heterocycles. The van der Waals surface area contributed by atoms with Crippen LogP contribution in [-0.2, 0) is 6.54 Å². The number of benzene rings is 1. The lowest BCUT2D eigenvalue weighted by Gasteiger charge is -2.32. The van der Waals surface area contributed by atoms with Gasteiger partial charge in [-0.2, -0.15) is 0 Å². The Morgan fingerprint density at radius 1 is 1.17 bits per heavy atom. The number of likely N-dealkylation sites (tertiary alicyclic amines) is 2. The molecule has 0 aromatic heterocycles. The standard InChI is InChI=1S/C18H27N3O.2ClH/c1-19-17-8-5-11-21(14-17)18(22)16-7-4-6-15(12-16)13-20-9-2-3-10-20;;/h4,6-7,12,17,19H,2-3,5,8-11,13-14H2,1H3;2*1H. The van der Waals surface area contributed by atoms with Crippen LogP contribution in [0.4, 0.5) is 0 Å². The molecule has 0 saturated carbocycles. The topological polar surface area (TPSA) is 35.6 Å². The third-order valence-corrected chi connectivity index (χ3v) is 4.90. The number of carbonyl (C=O) groups excluding carboxylic acids is 1. The molecule has 2 heterocycles. The van der Waals surface area contributed by atoms with E-state index < -0.39 is 0 Å². The molecule has 0 bridgehead atoms. The fraction of sp³-hybridized carbons (Fsp3) is 0.611. The molecular formula is C18H29Cl2N3O. The van der Waals surface area contributed by atoms with Crippen molar-refractivity contribution in [2.45, 2.75) is 38.3 Å². The summed E-state index contributed by atoms with van der Waals surface area (Å²) >= 11 is 0. The molecule has 2 fully saturated rings. The lowest BCUT2D eigenvalue weighted by molar-refractivity contribution is 0.0698. The van der Waals surface area contributed by atoms with Gasteiger partial charge >= 0.3 is 0 Å². The number of nitrogens with one attached hydrogen (secondary N) is 1. The zero-order valence-electron chi connectivity index (χ0n) is 14.4. The summed E-state index contributed by atoms with van der Waals surface area (Å²) in [4.78, 5) is 17.2. The molecule has 0 spiro atoms. The molecule has 1 aromatic carbocycles. The van der Waals surface area contributed by atoms with Crippen molar-refractivity contribution in [3.63, 3.8) is 0 Å². The average molecular weight is 374 g/mol. The largest absolute Gasteiger partial charge is 0.337 e. The number of likely N-dealkylation sites (N-methyl/N-ethyl adjacent to an activating group) is 1. The summed E-state index contributed by atoms with van der Waals surface area (Å²) in [5.74, 6) is 0.184. The van der Waals surface area contributed by atoms with Crippen LogP contribution in [-0.4, -0.2) is 55.0 Å². The second-order valence-electron chi connectivity index (χ2n) is 6.56. The van der Waals surface area contributed by atoms with Gasteiger partial charge in [0, 0.05) is 31.2 Å². The van der Waals surface area contributed by atoms with Crippen molar-refractivity contribution in [2.24, 2.45) is 0 Å². The highest BCUT2D eigenvalue weighted by Gasteiger charge is 2.23. The maximum absolute atomic E-state index is 12.7. The molecule has 2 aliphatic rings. The summed E-state index contributed by atoms with van der Waals surface area (Å²) in [6.45, 7) is 5.06. The number of piperidine rings is 1. The van der Waals surface area contributed by atoms with E-state index in [0.29, 0.717) is 6.04 Å². The fourth-order valence-corrected chi connectivity index (χ4v) is 3.58. The van der Waals surface area contributed by atoms with E-state index in [2.05, 4.69) is 22.3 Å². The molecule has 4 nitrogen and oxygen atoms in total. The average Bonchev–Trinajstić information content (AvgIpc) is 3.07. The monoisotopic (exact) mass is 373 g/mol. The Labute approximate surface area is 157 Å². The Bertz CT molecular complexity index is 521. The first-order chi connectivity index (χ1) is 10.8. The molecule has 3 rings (SSSR count). The number of carbonyl (C=O) groups is 1. The summed E-state index contributed by atoms with van der Waals surface area (Å²) in [7, 11) is 1.98. The van der Waals surface area contributed by atoms with Gasteiger partial charge in [0.15, 0.2) is 0 Å². The van der Waals surface area contributed by atoms with E-state index >= 15 is 0 Å². The van der Waals surface area contributed by atoms with Crippen molar-refractivity contribution in [1.29, 1.82) is 0 Å². The molecule has 0 radical (unpaired) electrons. The van der Waals surface area contributed by atoms with Gasteiger partial charge in [0.05, 0.1) is 0 Å². The molecule has 1 amide bonds. The molecule has 0 aliphatic carbocycles. The zero-order valence-corrected chi connectivity index (χ0v) is 16.0. The summed E-state index contributed by atoms with van der Waals surface area (Å²) in [5.41, 5.74) is 2.10. The second-order valence-corrected chi connectivity index (χ2v) is 6.56. The minimum Gasteiger partial charge on any atom is -0.337 e. The van der Waals surface area contributed by atoms with E-state index in [1.165, 1.54) is 31.5 Å². The summed E-state index contributed by atoms with van der Waals surface area (Å²) in [6, 6.07) is 8.65. The SMILES string of the molecule is CNC1CCCN(C(=O)c2cccc(CN3CCCC3)c2)C1.Cl.Cl. The molecule has 1 N–H and O–H groups in total. The summed E-state index contributed by atoms with van der Waals surface area (Å²) in [6.07, 6.45) is 4.86. The highest BCUT2D eigenvalue weighted by molar-refractivity contribution is 5.94. The van der Waals surface area contributed by atoms with Crippen LogP contribution >= 0.6 is 24.8 Å². The summed E-state index contributed by atoms with van der Waals surface area (Å²) < 4.78 is 0. The third-order valence-electron chi connectivity index (χ3n) is 4.90. The smallest absolute Gasteiger partial charge is 0.253 e. The van der Waals surface area contributed by atoms with E-state index in [4.69, 9.17) is 0 Å². The minimum atomic E-state index is 0. The number of rotatable bonds is 4. The molecule has 2 aliphatic heterocycles. The van der Waals surface area contributed by atoms with Gasteiger partial charge in [0.2, 0.25) is 0 Å². The van der Waals surface area contributed by atoms with Crippen molar-refractivity contribution in [1.82, 2.24) is 15.1 Å².